The molecule has 170 valence electrons. The lowest BCUT2D eigenvalue weighted by molar-refractivity contribution is -0.187. The first kappa shape index (κ1) is 23.4. The summed E-state index contributed by atoms with van der Waals surface area (Å²) in [6, 6.07) is 7.85. The van der Waals surface area contributed by atoms with E-state index in [4.69, 9.17) is 9.47 Å². The fraction of sp³-hybridized carbons (Fsp3) is 0.609. The van der Waals surface area contributed by atoms with Gasteiger partial charge in [0.15, 0.2) is 15.6 Å². The summed E-state index contributed by atoms with van der Waals surface area (Å²) < 4.78 is 38.2. The van der Waals surface area contributed by atoms with Gasteiger partial charge in [-0.3, -0.25) is 14.4 Å². The lowest BCUT2D eigenvalue weighted by atomic mass is 9.53. The minimum Gasteiger partial charge on any atom is -0.468 e. The standard InChI is InChI=1S/C23H30O7S/c1-21(2,3)19(25)30-17-16(31(27,28)15-10-7-6-8-11-15)14-23(20(26)29-5)13-9-12-22(17,4)18(23)24/h6-8,10-11,16-17H,9,12-14H2,1-5H3/t16?,17?,22-,23-/m1/s1. The zero-order chi connectivity index (χ0) is 23.2. The van der Waals surface area contributed by atoms with Crippen molar-refractivity contribution < 1.29 is 32.3 Å². The van der Waals surface area contributed by atoms with E-state index in [-0.39, 0.29) is 17.7 Å². The minimum absolute atomic E-state index is 0.0628. The molecule has 2 bridgehead atoms. The normalized spacial score (nSPS) is 31.1. The number of sulfone groups is 1. The van der Waals surface area contributed by atoms with Gasteiger partial charge in [0.05, 0.1) is 22.8 Å². The van der Waals surface area contributed by atoms with Crippen LogP contribution in [0, 0.1) is 16.2 Å². The second-order valence-corrected chi connectivity index (χ2v) is 12.0. The van der Waals surface area contributed by atoms with E-state index >= 15 is 0 Å². The number of hydrogen-bond acceptors (Lipinski definition) is 7. The van der Waals surface area contributed by atoms with Gasteiger partial charge >= 0.3 is 11.9 Å². The van der Waals surface area contributed by atoms with Gasteiger partial charge in [-0.25, -0.2) is 8.42 Å². The topological polar surface area (TPSA) is 104 Å². The summed E-state index contributed by atoms with van der Waals surface area (Å²) in [5.41, 5.74) is -3.75. The van der Waals surface area contributed by atoms with Gasteiger partial charge in [-0.2, -0.15) is 0 Å². The molecule has 3 rings (SSSR count). The van der Waals surface area contributed by atoms with Gasteiger partial charge < -0.3 is 9.47 Å². The SMILES string of the molecule is COC(=O)[C@@]12CCC[C@@](C)(C1=O)C(OC(=O)C(C)(C)C)C(S(=O)(=O)c1ccccc1)C2. The van der Waals surface area contributed by atoms with E-state index in [0.717, 1.165) is 0 Å². The Bertz CT molecular complexity index is 993. The quantitative estimate of drug-likeness (QED) is 0.513. The molecule has 2 aliphatic carbocycles. The fourth-order valence-corrected chi connectivity index (χ4v) is 6.96. The van der Waals surface area contributed by atoms with E-state index in [1.807, 2.05) is 0 Å². The first-order chi connectivity index (χ1) is 14.3. The maximum Gasteiger partial charge on any atom is 0.319 e. The third-order valence-corrected chi connectivity index (χ3v) is 8.80. The second kappa shape index (κ2) is 7.73. The number of hydrogen-bond donors (Lipinski definition) is 0. The number of Topliss-reactive ketones (excluding diaryl/α,β-unsaturated/α-hetero) is 1. The molecule has 4 atom stereocenters. The monoisotopic (exact) mass is 450 g/mol. The van der Waals surface area contributed by atoms with Crippen LogP contribution in [0.5, 0.6) is 0 Å². The predicted octanol–water partition coefficient (Wildman–Crippen LogP) is 3.11. The van der Waals surface area contributed by atoms with Crippen LogP contribution in [0.3, 0.4) is 0 Å². The van der Waals surface area contributed by atoms with Crippen molar-refractivity contribution in [2.45, 2.75) is 69.6 Å². The van der Waals surface area contributed by atoms with Crippen LogP contribution < -0.4 is 0 Å². The highest BCUT2D eigenvalue weighted by Crippen LogP contribution is 2.56. The average Bonchev–Trinajstić information content (AvgIpc) is 2.71. The smallest absolute Gasteiger partial charge is 0.319 e. The van der Waals surface area contributed by atoms with Crippen molar-refractivity contribution in [1.82, 2.24) is 0 Å². The molecule has 8 heteroatoms. The number of carbonyl (C=O) groups is 3. The number of methoxy groups -OCH3 is 1. The van der Waals surface area contributed by atoms with Crippen LogP contribution in [0.25, 0.3) is 0 Å². The van der Waals surface area contributed by atoms with E-state index in [2.05, 4.69) is 0 Å². The van der Waals surface area contributed by atoms with Crippen molar-refractivity contribution in [3.8, 4) is 0 Å². The van der Waals surface area contributed by atoms with Crippen LogP contribution in [0.1, 0.15) is 53.4 Å². The number of rotatable bonds is 4. The number of benzene rings is 1. The highest BCUT2D eigenvalue weighted by atomic mass is 32.2. The summed E-state index contributed by atoms with van der Waals surface area (Å²) >= 11 is 0. The van der Waals surface area contributed by atoms with Crippen LogP contribution in [0.15, 0.2) is 35.2 Å². The molecular weight excluding hydrogens is 420 g/mol. The van der Waals surface area contributed by atoms with Crippen molar-refractivity contribution in [3.63, 3.8) is 0 Å². The molecule has 31 heavy (non-hydrogen) atoms. The Morgan fingerprint density at radius 2 is 1.71 bits per heavy atom. The van der Waals surface area contributed by atoms with Crippen molar-refractivity contribution in [2.75, 3.05) is 7.11 Å². The zero-order valence-electron chi connectivity index (χ0n) is 18.6. The third-order valence-electron chi connectivity index (χ3n) is 6.66. The average molecular weight is 451 g/mol. The molecule has 0 heterocycles. The molecule has 0 aromatic heterocycles. The Balaban J connectivity index is 2.19. The summed E-state index contributed by atoms with van der Waals surface area (Å²) in [4.78, 5) is 39.3. The summed E-state index contributed by atoms with van der Waals surface area (Å²) in [6.07, 6.45) is -0.399. The van der Waals surface area contributed by atoms with Gasteiger partial charge in [0.25, 0.3) is 0 Å². The van der Waals surface area contributed by atoms with Crippen molar-refractivity contribution in [3.05, 3.63) is 30.3 Å². The van der Waals surface area contributed by atoms with E-state index in [0.29, 0.717) is 12.8 Å². The van der Waals surface area contributed by atoms with Crippen LogP contribution in [0.2, 0.25) is 0 Å². The van der Waals surface area contributed by atoms with Crippen molar-refractivity contribution >= 4 is 27.6 Å². The molecule has 2 aliphatic rings. The Kier molecular flexibility index (Phi) is 5.84. The molecule has 1 aromatic carbocycles. The molecule has 2 saturated carbocycles. The van der Waals surface area contributed by atoms with Crippen LogP contribution in [-0.2, 0) is 33.7 Å². The Labute approximate surface area is 183 Å². The molecular formula is C23H30O7S. The molecule has 0 radical (unpaired) electrons. The van der Waals surface area contributed by atoms with Gasteiger partial charge in [0.1, 0.15) is 16.8 Å². The first-order valence-electron chi connectivity index (χ1n) is 10.4. The molecule has 2 fully saturated rings. The molecule has 1 aromatic rings. The number of ether oxygens (including phenoxy) is 2. The predicted molar refractivity (Wildman–Crippen MR) is 113 cm³/mol. The first-order valence-corrected chi connectivity index (χ1v) is 12.0. The maximum absolute atomic E-state index is 13.7. The van der Waals surface area contributed by atoms with Gasteiger partial charge in [-0.05, 0) is 59.1 Å². The number of carbonyl (C=O) groups excluding carboxylic acids is 3. The Morgan fingerprint density at radius 3 is 2.26 bits per heavy atom. The molecule has 0 spiro atoms. The summed E-state index contributed by atoms with van der Waals surface area (Å²) in [7, 11) is -2.83. The summed E-state index contributed by atoms with van der Waals surface area (Å²) in [6.45, 7) is 6.62. The lowest BCUT2D eigenvalue weighted by Crippen LogP contribution is -2.66. The van der Waals surface area contributed by atoms with Crippen molar-refractivity contribution in [1.29, 1.82) is 0 Å². The Hall–Kier alpha value is -2.22. The third kappa shape index (κ3) is 3.69. The largest absolute Gasteiger partial charge is 0.468 e. The number of esters is 2. The van der Waals surface area contributed by atoms with Gasteiger partial charge in [-0.15, -0.1) is 0 Å². The van der Waals surface area contributed by atoms with E-state index in [1.54, 1.807) is 45.9 Å². The van der Waals surface area contributed by atoms with Crippen LogP contribution in [-0.4, -0.2) is 44.6 Å². The van der Waals surface area contributed by atoms with E-state index in [1.165, 1.54) is 19.2 Å². The van der Waals surface area contributed by atoms with E-state index < -0.39 is 55.2 Å². The zero-order valence-corrected chi connectivity index (χ0v) is 19.5. The minimum atomic E-state index is -4.02. The van der Waals surface area contributed by atoms with Gasteiger partial charge in [-0.1, -0.05) is 24.6 Å². The van der Waals surface area contributed by atoms with Gasteiger partial charge in [0, 0.05) is 0 Å². The molecule has 2 unspecified atom stereocenters. The fourth-order valence-electron chi connectivity index (χ4n) is 4.89. The van der Waals surface area contributed by atoms with Crippen LogP contribution >= 0.6 is 0 Å². The van der Waals surface area contributed by atoms with Crippen LogP contribution in [0.4, 0.5) is 0 Å². The van der Waals surface area contributed by atoms with Crippen molar-refractivity contribution in [2.24, 2.45) is 16.2 Å². The number of fused-ring (bicyclic) bond motifs is 2. The second-order valence-electron chi connectivity index (χ2n) is 9.85. The summed E-state index contributed by atoms with van der Waals surface area (Å²) in [5.74, 6) is -1.71. The molecule has 0 amide bonds. The molecule has 0 saturated heterocycles. The highest BCUT2D eigenvalue weighted by Gasteiger charge is 2.68. The maximum atomic E-state index is 13.7. The number of ketones is 1. The van der Waals surface area contributed by atoms with Gasteiger partial charge in [0.2, 0.25) is 0 Å². The Morgan fingerprint density at radius 1 is 1.10 bits per heavy atom. The highest BCUT2D eigenvalue weighted by molar-refractivity contribution is 7.92. The molecule has 0 aliphatic heterocycles. The summed E-state index contributed by atoms with van der Waals surface area (Å²) in [5, 5.41) is -1.25. The lowest BCUT2D eigenvalue weighted by Gasteiger charge is -2.53. The van der Waals surface area contributed by atoms with E-state index in [9.17, 15) is 22.8 Å². The molecule has 7 nitrogen and oxygen atoms in total. The molecule has 0 N–H and O–H groups in total.